The van der Waals surface area contributed by atoms with Gasteiger partial charge < -0.3 is 5.73 Å². The minimum Gasteiger partial charge on any atom is -0.368 e. The highest BCUT2D eigenvalue weighted by molar-refractivity contribution is 6.36. The van der Waals surface area contributed by atoms with Gasteiger partial charge in [0.25, 0.3) is 0 Å². The van der Waals surface area contributed by atoms with Crippen molar-refractivity contribution >= 4 is 47.0 Å². The van der Waals surface area contributed by atoms with Gasteiger partial charge in [0.1, 0.15) is 0 Å². The van der Waals surface area contributed by atoms with E-state index in [1.807, 2.05) is 12.1 Å². The Kier molecular flexibility index (Phi) is 4.57. The van der Waals surface area contributed by atoms with Gasteiger partial charge in [0.05, 0.1) is 23.1 Å². The number of imidazole rings is 1. The lowest BCUT2D eigenvalue weighted by molar-refractivity contribution is 0.898. The Hall–Kier alpha value is -2.01. The van der Waals surface area contributed by atoms with Gasteiger partial charge in [0.2, 0.25) is 5.95 Å². The third kappa shape index (κ3) is 3.67. The maximum atomic E-state index is 6.11. The molecule has 7 heteroatoms. The van der Waals surface area contributed by atoms with Gasteiger partial charge in [-0.3, -0.25) is 0 Å². The zero-order valence-corrected chi connectivity index (χ0v) is 14.0. The molecule has 0 aliphatic carbocycles. The molecule has 2 N–H and O–H groups in total. The van der Waals surface area contributed by atoms with Crippen molar-refractivity contribution in [3.63, 3.8) is 0 Å². The summed E-state index contributed by atoms with van der Waals surface area (Å²) in [4.78, 5) is 4.29. The Labute approximate surface area is 148 Å². The molecular weight excluding hydrogens is 355 g/mol. The molecule has 0 fully saturated rings. The van der Waals surface area contributed by atoms with Crippen molar-refractivity contribution in [2.24, 2.45) is 5.10 Å². The zero-order chi connectivity index (χ0) is 16.4. The van der Waals surface area contributed by atoms with Gasteiger partial charge >= 0.3 is 0 Å². The fraction of sp³-hybridized carbons (Fsp3) is 0. The number of rotatable bonds is 3. The predicted octanol–water partition coefficient (Wildman–Crippen LogP) is 4.97. The molecule has 23 heavy (non-hydrogen) atoms. The Morgan fingerprint density at radius 3 is 2.39 bits per heavy atom. The molecule has 3 rings (SSSR count). The number of aromatic nitrogens is 2. The first kappa shape index (κ1) is 15.9. The average Bonchev–Trinajstić information content (AvgIpc) is 2.88. The molecular formula is C16H11Cl3N4. The van der Waals surface area contributed by atoms with E-state index in [4.69, 9.17) is 40.5 Å². The van der Waals surface area contributed by atoms with Crippen molar-refractivity contribution < 1.29 is 0 Å². The fourth-order valence-electron chi connectivity index (χ4n) is 1.97. The van der Waals surface area contributed by atoms with Crippen LogP contribution in [0.5, 0.6) is 0 Å². The van der Waals surface area contributed by atoms with Crippen LogP contribution in [0.15, 0.2) is 53.8 Å². The van der Waals surface area contributed by atoms with Crippen molar-refractivity contribution in [1.82, 2.24) is 9.66 Å². The van der Waals surface area contributed by atoms with Crippen LogP contribution in [0.4, 0.5) is 5.95 Å². The third-order valence-electron chi connectivity index (χ3n) is 3.14. The van der Waals surface area contributed by atoms with Crippen LogP contribution in [-0.4, -0.2) is 15.9 Å². The summed E-state index contributed by atoms with van der Waals surface area (Å²) in [7, 11) is 0. The first-order valence-electron chi connectivity index (χ1n) is 6.63. The first-order valence-corrected chi connectivity index (χ1v) is 7.76. The molecule has 0 saturated heterocycles. The summed E-state index contributed by atoms with van der Waals surface area (Å²) in [6.07, 6.45) is 3.33. The quantitative estimate of drug-likeness (QED) is 0.666. The summed E-state index contributed by atoms with van der Waals surface area (Å²) in [6.45, 7) is 0. The first-order chi connectivity index (χ1) is 11.0. The third-order valence-corrected chi connectivity index (χ3v) is 3.95. The Morgan fingerprint density at radius 2 is 1.70 bits per heavy atom. The number of nitrogens with zero attached hydrogens (tertiary/aromatic N) is 3. The number of nitrogen functional groups attached to an aromatic ring is 1. The molecule has 116 valence electrons. The molecule has 0 unspecified atom stereocenters. The topological polar surface area (TPSA) is 56.2 Å². The number of nitrogens with two attached hydrogens (primary N) is 1. The highest BCUT2D eigenvalue weighted by atomic mass is 35.5. The minimum absolute atomic E-state index is 0.274. The lowest BCUT2D eigenvalue weighted by Gasteiger charge is -1.99. The van der Waals surface area contributed by atoms with Crippen LogP contribution in [0.2, 0.25) is 15.1 Å². The second-order valence-corrected chi connectivity index (χ2v) is 6.03. The molecule has 0 atom stereocenters. The highest BCUT2D eigenvalue weighted by Crippen LogP contribution is 2.22. The van der Waals surface area contributed by atoms with E-state index < -0.39 is 0 Å². The van der Waals surface area contributed by atoms with Gasteiger partial charge in [-0.2, -0.15) is 5.10 Å². The monoisotopic (exact) mass is 364 g/mol. The molecule has 1 heterocycles. The molecule has 3 aromatic rings. The summed E-state index contributed by atoms with van der Waals surface area (Å²) in [5.74, 6) is 0.274. The molecule has 0 bridgehead atoms. The Bertz CT molecular complexity index is 870. The van der Waals surface area contributed by atoms with Gasteiger partial charge in [-0.1, -0.05) is 53.0 Å². The van der Waals surface area contributed by atoms with Crippen LogP contribution in [0, 0.1) is 0 Å². The molecule has 0 radical (unpaired) electrons. The molecule has 2 aromatic carbocycles. The Balaban J connectivity index is 1.89. The minimum atomic E-state index is 0.274. The van der Waals surface area contributed by atoms with Gasteiger partial charge in [-0.15, -0.1) is 0 Å². The fourth-order valence-corrected chi connectivity index (χ4v) is 2.55. The number of halogens is 3. The summed E-state index contributed by atoms with van der Waals surface area (Å²) >= 11 is 17.9. The van der Waals surface area contributed by atoms with E-state index in [1.165, 1.54) is 4.68 Å². The van der Waals surface area contributed by atoms with Crippen LogP contribution < -0.4 is 5.73 Å². The lowest BCUT2D eigenvalue weighted by Crippen LogP contribution is -1.97. The van der Waals surface area contributed by atoms with E-state index in [9.17, 15) is 0 Å². The second kappa shape index (κ2) is 6.62. The van der Waals surface area contributed by atoms with Crippen molar-refractivity contribution in [2.45, 2.75) is 0 Å². The standard InChI is InChI=1S/C16H11Cl3N4/c17-12-4-1-10(2-5-12)15-9-23(16(20)22-15)21-8-11-3-6-13(18)7-14(11)19/h1-9H,(H2,20,22)/b21-8+. The van der Waals surface area contributed by atoms with E-state index in [-0.39, 0.29) is 5.95 Å². The van der Waals surface area contributed by atoms with Crippen molar-refractivity contribution in [2.75, 3.05) is 5.73 Å². The van der Waals surface area contributed by atoms with Crippen LogP contribution in [-0.2, 0) is 0 Å². The molecule has 0 aliphatic heterocycles. The summed E-state index contributed by atoms with van der Waals surface area (Å²) < 4.78 is 1.48. The van der Waals surface area contributed by atoms with Crippen LogP contribution in [0.25, 0.3) is 11.3 Å². The summed E-state index contributed by atoms with van der Waals surface area (Å²) in [5.41, 5.74) is 8.24. The van der Waals surface area contributed by atoms with Gasteiger partial charge in [0.15, 0.2) is 0 Å². The number of anilines is 1. The van der Waals surface area contributed by atoms with Crippen LogP contribution in [0.3, 0.4) is 0 Å². The molecule has 4 nitrogen and oxygen atoms in total. The normalized spacial score (nSPS) is 11.3. The maximum absolute atomic E-state index is 6.11. The largest absolute Gasteiger partial charge is 0.368 e. The molecule has 0 spiro atoms. The molecule has 1 aromatic heterocycles. The summed E-state index contributed by atoms with van der Waals surface area (Å²) in [6, 6.07) is 12.5. The van der Waals surface area contributed by atoms with Crippen LogP contribution in [0.1, 0.15) is 5.56 Å². The van der Waals surface area contributed by atoms with Crippen LogP contribution >= 0.6 is 34.8 Å². The zero-order valence-electron chi connectivity index (χ0n) is 11.7. The number of benzene rings is 2. The van der Waals surface area contributed by atoms with Crippen molar-refractivity contribution in [3.8, 4) is 11.3 Å². The van der Waals surface area contributed by atoms with Gasteiger partial charge in [-0.25, -0.2) is 9.66 Å². The van der Waals surface area contributed by atoms with Crippen molar-refractivity contribution in [3.05, 3.63) is 69.3 Å². The van der Waals surface area contributed by atoms with E-state index in [0.29, 0.717) is 20.8 Å². The molecule has 0 amide bonds. The van der Waals surface area contributed by atoms with Crippen molar-refractivity contribution in [1.29, 1.82) is 0 Å². The van der Waals surface area contributed by atoms with Gasteiger partial charge in [-0.05, 0) is 24.3 Å². The maximum Gasteiger partial charge on any atom is 0.221 e. The van der Waals surface area contributed by atoms with E-state index in [2.05, 4.69) is 10.1 Å². The lowest BCUT2D eigenvalue weighted by atomic mass is 10.2. The summed E-state index contributed by atoms with van der Waals surface area (Å²) in [5, 5.41) is 6.03. The van der Waals surface area contributed by atoms with E-state index in [1.54, 1.807) is 42.7 Å². The SMILES string of the molecule is Nc1nc(-c2ccc(Cl)cc2)cn1/N=C/c1ccc(Cl)cc1Cl. The number of hydrogen-bond acceptors (Lipinski definition) is 3. The van der Waals surface area contributed by atoms with Gasteiger partial charge in [0, 0.05) is 21.2 Å². The smallest absolute Gasteiger partial charge is 0.221 e. The Morgan fingerprint density at radius 1 is 1.00 bits per heavy atom. The second-order valence-electron chi connectivity index (χ2n) is 4.75. The predicted molar refractivity (Wildman–Crippen MR) is 96.5 cm³/mol. The number of hydrogen-bond donors (Lipinski definition) is 1. The molecule has 0 saturated carbocycles. The van der Waals surface area contributed by atoms with E-state index in [0.717, 1.165) is 11.1 Å². The average molecular weight is 366 g/mol. The highest BCUT2D eigenvalue weighted by Gasteiger charge is 2.06. The molecule has 0 aliphatic rings. The van der Waals surface area contributed by atoms with E-state index >= 15 is 0 Å².